The first-order valence-electron chi connectivity index (χ1n) is 7.51. The van der Waals surface area contributed by atoms with Gasteiger partial charge in [-0.3, -0.25) is 14.8 Å². The molecule has 0 bridgehead atoms. The number of aryl methyl sites for hydroxylation is 1. The average molecular weight is 380 g/mol. The van der Waals surface area contributed by atoms with Crippen LogP contribution in [0.15, 0.2) is 28.7 Å². The fourth-order valence-electron chi connectivity index (χ4n) is 2.33. The number of anilines is 1. The van der Waals surface area contributed by atoms with E-state index in [1.807, 2.05) is 20.8 Å². The van der Waals surface area contributed by atoms with Crippen LogP contribution in [0.25, 0.3) is 11.5 Å². The van der Waals surface area contributed by atoms with Crippen LogP contribution in [0.3, 0.4) is 0 Å². The van der Waals surface area contributed by atoms with Crippen LogP contribution in [-0.4, -0.2) is 25.9 Å². The Morgan fingerprint density at radius 2 is 2.00 bits per heavy atom. The Morgan fingerprint density at radius 3 is 2.64 bits per heavy atom. The highest BCUT2D eigenvalue weighted by Crippen LogP contribution is 2.30. The number of rotatable bonds is 4. The molecular formula is C16H15Cl2N5O2. The summed E-state index contributed by atoms with van der Waals surface area (Å²) < 4.78 is 7.22. The number of hydrogen-bond donors (Lipinski definition) is 1. The monoisotopic (exact) mass is 379 g/mol. The van der Waals surface area contributed by atoms with Crippen LogP contribution < -0.4 is 5.32 Å². The van der Waals surface area contributed by atoms with Crippen molar-refractivity contribution >= 4 is 35.1 Å². The van der Waals surface area contributed by atoms with Crippen molar-refractivity contribution in [3.8, 4) is 11.5 Å². The fraction of sp³-hybridized carbons (Fsp3) is 0.250. The summed E-state index contributed by atoms with van der Waals surface area (Å²) in [6.07, 6.45) is 0. The molecule has 130 valence electrons. The van der Waals surface area contributed by atoms with Gasteiger partial charge >= 0.3 is 6.01 Å². The Hall–Kier alpha value is -2.38. The van der Waals surface area contributed by atoms with Crippen molar-refractivity contribution in [3.63, 3.8) is 0 Å². The highest BCUT2D eigenvalue weighted by Gasteiger charge is 2.18. The summed E-state index contributed by atoms with van der Waals surface area (Å²) in [4.78, 5) is 12.3. The molecule has 9 heteroatoms. The molecule has 0 aliphatic carbocycles. The van der Waals surface area contributed by atoms with E-state index >= 15 is 0 Å². The van der Waals surface area contributed by atoms with Crippen molar-refractivity contribution < 1.29 is 9.21 Å². The molecule has 0 spiro atoms. The fourth-order valence-corrected chi connectivity index (χ4v) is 2.82. The third-order valence-electron chi connectivity index (χ3n) is 3.45. The molecule has 3 aromatic rings. The van der Waals surface area contributed by atoms with E-state index in [1.165, 1.54) is 0 Å². The number of carbonyl (C=O) groups excluding carboxylic acids is 1. The molecule has 0 radical (unpaired) electrons. The Balaban J connectivity index is 1.79. The van der Waals surface area contributed by atoms with E-state index in [0.29, 0.717) is 15.6 Å². The molecular weight excluding hydrogens is 365 g/mol. The minimum Gasteiger partial charge on any atom is -0.403 e. The SMILES string of the molecule is Cc1cc(C(=O)Nc2nnc(-c3ccc(Cl)cc3Cl)o2)nn1C(C)C. The summed E-state index contributed by atoms with van der Waals surface area (Å²) in [6.45, 7) is 5.86. The topological polar surface area (TPSA) is 85.8 Å². The van der Waals surface area contributed by atoms with Gasteiger partial charge in [-0.15, -0.1) is 5.10 Å². The van der Waals surface area contributed by atoms with E-state index in [9.17, 15) is 4.79 Å². The maximum Gasteiger partial charge on any atom is 0.322 e. The number of aromatic nitrogens is 4. The number of carbonyl (C=O) groups is 1. The van der Waals surface area contributed by atoms with Gasteiger partial charge in [-0.05, 0) is 45.0 Å². The third kappa shape index (κ3) is 3.67. The molecule has 0 fully saturated rings. The molecule has 2 aromatic heterocycles. The van der Waals surface area contributed by atoms with Crippen molar-refractivity contribution in [1.29, 1.82) is 0 Å². The number of amides is 1. The van der Waals surface area contributed by atoms with Crippen molar-refractivity contribution in [2.24, 2.45) is 0 Å². The summed E-state index contributed by atoms with van der Waals surface area (Å²) in [7, 11) is 0. The maximum absolute atomic E-state index is 12.3. The molecule has 1 aromatic carbocycles. The van der Waals surface area contributed by atoms with Crippen LogP contribution in [0.1, 0.15) is 36.1 Å². The van der Waals surface area contributed by atoms with Crippen LogP contribution >= 0.6 is 23.2 Å². The average Bonchev–Trinajstić information content (AvgIpc) is 3.14. The quantitative estimate of drug-likeness (QED) is 0.726. The minimum absolute atomic E-state index is 0.0391. The highest BCUT2D eigenvalue weighted by molar-refractivity contribution is 6.36. The van der Waals surface area contributed by atoms with Crippen molar-refractivity contribution in [1.82, 2.24) is 20.0 Å². The number of hydrogen-bond acceptors (Lipinski definition) is 5. The lowest BCUT2D eigenvalue weighted by Gasteiger charge is -2.06. The van der Waals surface area contributed by atoms with Gasteiger partial charge in [0.1, 0.15) is 0 Å². The molecule has 0 aliphatic heterocycles. The van der Waals surface area contributed by atoms with Crippen LogP contribution in [0.5, 0.6) is 0 Å². The summed E-state index contributed by atoms with van der Waals surface area (Å²) in [5, 5.41) is 15.4. The van der Waals surface area contributed by atoms with Crippen molar-refractivity contribution in [2.45, 2.75) is 26.8 Å². The van der Waals surface area contributed by atoms with Crippen LogP contribution in [0.4, 0.5) is 6.01 Å². The maximum atomic E-state index is 12.3. The normalized spacial score (nSPS) is 11.1. The zero-order valence-electron chi connectivity index (χ0n) is 13.7. The largest absolute Gasteiger partial charge is 0.403 e. The minimum atomic E-state index is -0.431. The third-order valence-corrected chi connectivity index (χ3v) is 4.00. The smallest absolute Gasteiger partial charge is 0.322 e. The second kappa shape index (κ2) is 6.85. The van der Waals surface area contributed by atoms with E-state index < -0.39 is 5.91 Å². The lowest BCUT2D eigenvalue weighted by molar-refractivity contribution is 0.101. The van der Waals surface area contributed by atoms with Gasteiger partial charge in [-0.1, -0.05) is 28.3 Å². The second-order valence-electron chi connectivity index (χ2n) is 5.70. The summed E-state index contributed by atoms with van der Waals surface area (Å²) in [5.41, 5.74) is 1.69. The van der Waals surface area contributed by atoms with Crippen LogP contribution in [-0.2, 0) is 0 Å². The first kappa shape index (κ1) is 17.4. The van der Waals surface area contributed by atoms with Crippen molar-refractivity contribution in [2.75, 3.05) is 5.32 Å². The van der Waals surface area contributed by atoms with Gasteiger partial charge in [-0.25, -0.2) is 0 Å². The van der Waals surface area contributed by atoms with Gasteiger partial charge in [0.2, 0.25) is 0 Å². The summed E-state index contributed by atoms with van der Waals surface area (Å²) >= 11 is 12.0. The molecule has 1 amide bonds. The molecule has 3 rings (SSSR count). The van der Waals surface area contributed by atoms with Gasteiger partial charge in [0.05, 0.1) is 10.6 Å². The standard InChI is InChI=1S/C16H15Cl2N5O2/c1-8(2)23-9(3)6-13(22-23)14(24)19-16-21-20-15(25-16)11-5-4-10(17)7-12(11)18/h4-8H,1-3H3,(H,19,21,24). The second-order valence-corrected chi connectivity index (χ2v) is 6.54. The van der Waals surface area contributed by atoms with Crippen molar-refractivity contribution in [3.05, 3.63) is 45.7 Å². The predicted octanol–water partition coefficient (Wildman–Crippen LogP) is 4.38. The molecule has 0 saturated heterocycles. The Kier molecular flexibility index (Phi) is 4.78. The first-order chi connectivity index (χ1) is 11.8. The van der Waals surface area contributed by atoms with E-state index in [1.54, 1.807) is 28.9 Å². The zero-order chi connectivity index (χ0) is 18.1. The number of nitrogens with zero attached hydrogens (tertiary/aromatic N) is 4. The molecule has 1 N–H and O–H groups in total. The van der Waals surface area contributed by atoms with Gasteiger partial charge in [0, 0.05) is 16.8 Å². The van der Waals surface area contributed by atoms with E-state index in [0.717, 1.165) is 5.69 Å². The van der Waals surface area contributed by atoms with Gasteiger partial charge in [-0.2, -0.15) is 5.10 Å². The molecule has 7 nitrogen and oxygen atoms in total. The first-order valence-corrected chi connectivity index (χ1v) is 8.27. The van der Waals surface area contributed by atoms with E-state index in [2.05, 4.69) is 20.6 Å². The molecule has 0 unspecified atom stereocenters. The summed E-state index contributed by atoms with van der Waals surface area (Å²) in [5.74, 6) is -0.249. The zero-order valence-corrected chi connectivity index (χ0v) is 15.3. The number of halogens is 2. The lowest BCUT2D eigenvalue weighted by Crippen LogP contribution is -2.14. The Morgan fingerprint density at radius 1 is 1.24 bits per heavy atom. The Labute approximate surface area is 153 Å². The van der Waals surface area contributed by atoms with E-state index in [4.69, 9.17) is 27.6 Å². The molecule has 25 heavy (non-hydrogen) atoms. The van der Waals surface area contributed by atoms with Crippen LogP contribution in [0, 0.1) is 6.92 Å². The molecule has 0 saturated carbocycles. The van der Waals surface area contributed by atoms with Gasteiger partial charge < -0.3 is 4.42 Å². The number of nitrogens with one attached hydrogen (secondary N) is 1. The molecule has 2 heterocycles. The van der Waals surface area contributed by atoms with Gasteiger partial charge in [0.15, 0.2) is 5.69 Å². The highest BCUT2D eigenvalue weighted by atomic mass is 35.5. The summed E-state index contributed by atoms with van der Waals surface area (Å²) in [6, 6.07) is 6.71. The van der Waals surface area contributed by atoms with Crippen LogP contribution in [0.2, 0.25) is 10.0 Å². The number of benzene rings is 1. The van der Waals surface area contributed by atoms with Gasteiger partial charge in [0.25, 0.3) is 11.8 Å². The lowest BCUT2D eigenvalue weighted by atomic mass is 10.2. The van der Waals surface area contributed by atoms with E-state index in [-0.39, 0.29) is 23.6 Å². The molecule has 0 atom stereocenters. The molecule has 0 aliphatic rings. The predicted molar refractivity (Wildman–Crippen MR) is 95.1 cm³/mol. The Bertz CT molecular complexity index is 933.